The van der Waals surface area contributed by atoms with E-state index in [1.807, 2.05) is 20.8 Å². The molecule has 3 heteroatoms. The van der Waals surface area contributed by atoms with Gasteiger partial charge in [0.05, 0.1) is 5.56 Å². The van der Waals surface area contributed by atoms with Crippen molar-refractivity contribution in [3.8, 4) is 0 Å². The van der Waals surface area contributed by atoms with Crippen LogP contribution in [0.25, 0.3) is 0 Å². The molecule has 102 valence electrons. The zero-order valence-electron chi connectivity index (χ0n) is 12.1. The molecule has 1 rings (SSSR count). The van der Waals surface area contributed by atoms with Gasteiger partial charge >= 0.3 is 5.97 Å². The van der Waals surface area contributed by atoms with Crippen LogP contribution in [0.4, 0.5) is 0 Å². The van der Waals surface area contributed by atoms with Gasteiger partial charge in [0.25, 0.3) is 0 Å². The lowest BCUT2D eigenvalue weighted by Crippen LogP contribution is -2.19. The molecular weight excluding hydrogens is 226 g/mol. The molecule has 1 unspecified atom stereocenters. The first kappa shape index (κ1) is 16.6. The summed E-state index contributed by atoms with van der Waals surface area (Å²) in [6.07, 6.45) is 4.94. The van der Waals surface area contributed by atoms with Crippen molar-refractivity contribution in [3.05, 3.63) is 30.1 Å². The molecule has 0 saturated carbocycles. The van der Waals surface area contributed by atoms with E-state index in [1.54, 1.807) is 18.3 Å². The van der Waals surface area contributed by atoms with Crippen LogP contribution in [0.15, 0.2) is 24.5 Å². The third kappa shape index (κ3) is 6.38. The highest BCUT2D eigenvalue weighted by Gasteiger charge is 2.15. The molecule has 18 heavy (non-hydrogen) atoms. The van der Waals surface area contributed by atoms with Crippen molar-refractivity contribution in [2.75, 3.05) is 0 Å². The second-order valence-electron chi connectivity index (χ2n) is 4.31. The predicted octanol–water partition coefficient (Wildman–Crippen LogP) is 4.09. The second kappa shape index (κ2) is 9.63. The number of ether oxygens (including phenoxy) is 1. The van der Waals surface area contributed by atoms with Gasteiger partial charge in [0.1, 0.15) is 6.10 Å². The maximum atomic E-state index is 11.7. The smallest absolute Gasteiger partial charge is 0.339 e. The van der Waals surface area contributed by atoms with Crippen LogP contribution in [0.1, 0.15) is 57.8 Å². The number of carbonyl (C=O) groups excluding carboxylic acids is 1. The van der Waals surface area contributed by atoms with Gasteiger partial charge in [-0.3, -0.25) is 4.98 Å². The minimum absolute atomic E-state index is 0.00714. The Morgan fingerprint density at radius 3 is 2.50 bits per heavy atom. The zero-order chi connectivity index (χ0) is 14.0. The first-order chi connectivity index (χ1) is 8.63. The Bertz CT molecular complexity index is 323. The van der Waals surface area contributed by atoms with Gasteiger partial charge in [-0.2, -0.15) is 0 Å². The van der Waals surface area contributed by atoms with Gasteiger partial charge in [-0.1, -0.05) is 34.6 Å². The van der Waals surface area contributed by atoms with Crippen molar-refractivity contribution >= 4 is 5.97 Å². The lowest BCUT2D eigenvalue weighted by atomic mass is 10.0. The van der Waals surface area contributed by atoms with Crippen molar-refractivity contribution in [2.45, 2.75) is 53.6 Å². The van der Waals surface area contributed by atoms with Gasteiger partial charge in [0, 0.05) is 12.4 Å². The minimum Gasteiger partial charge on any atom is -0.459 e. The Hall–Kier alpha value is -1.38. The average Bonchev–Trinajstić information content (AvgIpc) is 2.40. The number of hydrogen-bond donors (Lipinski definition) is 0. The SMILES string of the molecule is CC.CCC(CC(C)C)OC(=O)c1cccnc1. The van der Waals surface area contributed by atoms with Gasteiger partial charge in [-0.05, 0) is 30.9 Å². The van der Waals surface area contributed by atoms with E-state index in [0.29, 0.717) is 11.5 Å². The summed E-state index contributed by atoms with van der Waals surface area (Å²) in [5.74, 6) is 0.257. The summed E-state index contributed by atoms with van der Waals surface area (Å²) in [7, 11) is 0. The average molecular weight is 251 g/mol. The molecule has 0 amide bonds. The molecule has 0 aliphatic rings. The summed E-state index contributed by atoms with van der Waals surface area (Å²) in [4.78, 5) is 15.6. The van der Waals surface area contributed by atoms with Crippen molar-refractivity contribution in [1.29, 1.82) is 0 Å². The number of pyridine rings is 1. The molecule has 0 aromatic carbocycles. The summed E-state index contributed by atoms with van der Waals surface area (Å²) in [6, 6.07) is 3.46. The van der Waals surface area contributed by atoms with Crippen molar-refractivity contribution in [1.82, 2.24) is 4.98 Å². The Morgan fingerprint density at radius 2 is 2.06 bits per heavy atom. The summed E-state index contributed by atoms with van der Waals surface area (Å²) in [6.45, 7) is 10.3. The van der Waals surface area contributed by atoms with E-state index in [0.717, 1.165) is 12.8 Å². The van der Waals surface area contributed by atoms with Crippen molar-refractivity contribution < 1.29 is 9.53 Å². The molecule has 1 aromatic heterocycles. The molecule has 0 bridgehead atoms. The molecular formula is C15H25NO2. The molecule has 0 saturated heterocycles. The fraction of sp³-hybridized carbons (Fsp3) is 0.600. The first-order valence-electron chi connectivity index (χ1n) is 6.74. The Kier molecular flexibility index (Phi) is 8.89. The lowest BCUT2D eigenvalue weighted by Gasteiger charge is -2.17. The van der Waals surface area contributed by atoms with Gasteiger partial charge in [-0.15, -0.1) is 0 Å². The number of aromatic nitrogens is 1. The number of nitrogens with zero attached hydrogens (tertiary/aromatic N) is 1. The topological polar surface area (TPSA) is 39.2 Å². The second-order valence-corrected chi connectivity index (χ2v) is 4.31. The van der Waals surface area contributed by atoms with Crippen LogP contribution in [0.3, 0.4) is 0 Å². The van der Waals surface area contributed by atoms with E-state index in [1.165, 1.54) is 6.20 Å². The summed E-state index contributed by atoms with van der Waals surface area (Å²) < 4.78 is 5.42. The summed E-state index contributed by atoms with van der Waals surface area (Å²) >= 11 is 0. The highest BCUT2D eigenvalue weighted by Crippen LogP contribution is 2.13. The molecule has 0 fully saturated rings. The molecule has 0 aliphatic heterocycles. The van der Waals surface area contributed by atoms with E-state index in [9.17, 15) is 4.79 Å². The standard InChI is InChI=1S/C13H19NO2.C2H6/c1-4-12(8-10(2)3)16-13(15)11-6-5-7-14-9-11;1-2/h5-7,9-10,12H,4,8H2,1-3H3;1-2H3. The molecule has 1 heterocycles. The normalized spacial score (nSPS) is 11.4. The monoisotopic (exact) mass is 251 g/mol. The number of rotatable bonds is 5. The maximum Gasteiger partial charge on any atom is 0.339 e. The fourth-order valence-corrected chi connectivity index (χ4v) is 1.53. The Labute approximate surface area is 111 Å². The maximum absolute atomic E-state index is 11.7. The lowest BCUT2D eigenvalue weighted by molar-refractivity contribution is 0.0244. The Balaban J connectivity index is 0.00000137. The van der Waals surface area contributed by atoms with E-state index >= 15 is 0 Å². The number of carbonyl (C=O) groups is 1. The van der Waals surface area contributed by atoms with Crippen LogP contribution >= 0.6 is 0 Å². The van der Waals surface area contributed by atoms with Gasteiger partial charge in [0.15, 0.2) is 0 Å². The highest BCUT2D eigenvalue weighted by atomic mass is 16.5. The van der Waals surface area contributed by atoms with E-state index < -0.39 is 0 Å². The van der Waals surface area contributed by atoms with E-state index in [4.69, 9.17) is 4.74 Å². The molecule has 3 nitrogen and oxygen atoms in total. The van der Waals surface area contributed by atoms with Crippen LogP contribution < -0.4 is 0 Å². The van der Waals surface area contributed by atoms with E-state index in [2.05, 4.69) is 18.8 Å². The third-order valence-electron chi connectivity index (χ3n) is 2.36. The minimum atomic E-state index is -0.277. The molecule has 0 spiro atoms. The molecule has 1 atom stereocenters. The van der Waals surface area contributed by atoms with Crippen LogP contribution in [0.2, 0.25) is 0 Å². The third-order valence-corrected chi connectivity index (χ3v) is 2.36. The number of esters is 1. The predicted molar refractivity (Wildman–Crippen MR) is 74.5 cm³/mol. The van der Waals surface area contributed by atoms with Crippen LogP contribution in [-0.4, -0.2) is 17.1 Å². The van der Waals surface area contributed by atoms with Crippen LogP contribution in [0, 0.1) is 5.92 Å². The van der Waals surface area contributed by atoms with Crippen LogP contribution in [0.5, 0.6) is 0 Å². The first-order valence-corrected chi connectivity index (χ1v) is 6.74. The van der Waals surface area contributed by atoms with Crippen molar-refractivity contribution in [3.63, 3.8) is 0 Å². The van der Waals surface area contributed by atoms with Gasteiger partial charge < -0.3 is 4.74 Å². The number of hydrogen-bond acceptors (Lipinski definition) is 3. The zero-order valence-corrected chi connectivity index (χ0v) is 12.1. The largest absolute Gasteiger partial charge is 0.459 e. The molecule has 0 radical (unpaired) electrons. The molecule has 0 aliphatic carbocycles. The Morgan fingerprint density at radius 1 is 1.39 bits per heavy atom. The van der Waals surface area contributed by atoms with Gasteiger partial charge in [-0.25, -0.2) is 4.79 Å². The summed E-state index contributed by atoms with van der Waals surface area (Å²) in [5, 5.41) is 0. The van der Waals surface area contributed by atoms with Gasteiger partial charge in [0.2, 0.25) is 0 Å². The quantitative estimate of drug-likeness (QED) is 0.740. The molecule has 1 aromatic rings. The van der Waals surface area contributed by atoms with E-state index in [-0.39, 0.29) is 12.1 Å². The summed E-state index contributed by atoms with van der Waals surface area (Å²) in [5.41, 5.74) is 0.518. The fourth-order valence-electron chi connectivity index (χ4n) is 1.53. The highest BCUT2D eigenvalue weighted by molar-refractivity contribution is 5.89. The molecule has 0 N–H and O–H groups in total. The van der Waals surface area contributed by atoms with Crippen LogP contribution in [-0.2, 0) is 4.74 Å². The van der Waals surface area contributed by atoms with Crippen molar-refractivity contribution in [2.24, 2.45) is 5.92 Å².